The number of carbonyl (C=O) groups is 1. The molecule has 1 heterocycles. The maximum Gasteiger partial charge on any atom is 0.263 e. The highest BCUT2D eigenvalue weighted by Gasteiger charge is 2.22. The van der Waals surface area contributed by atoms with Crippen molar-refractivity contribution in [1.82, 2.24) is 5.32 Å². The molecule has 0 aliphatic heterocycles. The topological polar surface area (TPSA) is 76.4 Å². The Labute approximate surface area is 112 Å². The number of nitrogens with one attached hydrogen (secondary N) is 2. The molecule has 1 aromatic heterocycles. The molecule has 1 unspecified atom stereocenters. The average molecular weight is 271 g/mol. The lowest BCUT2D eigenvalue weighted by molar-refractivity contribution is 0.0967. The summed E-state index contributed by atoms with van der Waals surface area (Å²) in [6.45, 7) is 6.33. The highest BCUT2D eigenvalue weighted by molar-refractivity contribution is 7.19. The van der Waals surface area contributed by atoms with E-state index in [0.29, 0.717) is 22.2 Å². The Morgan fingerprint density at radius 2 is 2.00 bits per heavy atom. The molecular weight excluding hydrogens is 250 g/mol. The second-order valence-electron chi connectivity index (χ2n) is 4.46. The number of thiophene rings is 1. The Morgan fingerprint density at radius 3 is 2.44 bits per heavy atom. The highest BCUT2D eigenvalue weighted by Crippen LogP contribution is 2.42. The minimum absolute atomic E-state index is 0.193. The van der Waals surface area contributed by atoms with Crippen LogP contribution in [0.2, 0.25) is 0 Å². The van der Waals surface area contributed by atoms with Gasteiger partial charge in [-0.25, -0.2) is 0 Å². The van der Waals surface area contributed by atoms with Gasteiger partial charge >= 0.3 is 0 Å². The summed E-state index contributed by atoms with van der Waals surface area (Å²) in [4.78, 5) is 12.2. The number of ether oxygens (including phenoxy) is 1. The van der Waals surface area contributed by atoms with Crippen molar-refractivity contribution < 1.29 is 9.53 Å². The van der Waals surface area contributed by atoms with Gasteiger partial charge < -0.3 is 21.1 Å². The first-order valence-electron chi connectivity index (χ1n) is 5.87. The van der Waals surface area contributed by atoms with Crippen molar-refractivity contribution in [2.45, 2.75) is 26.8 Å². The average Bonchev–Trinajstić information content (AvgIpc) is 2.64. The summed E-state index contributed by atoms with van der Waals surface area (Å²) in [6, 6.07) is 0.273. The van der Waals surface area contributed by atoms with Gasteiger partial charge in [0.25, 0.3) is 5.91 Å². The number of carbonyl (C=O) groups excluding carboxylic acids is 1. The molecule has 0 aliphatic carbocycles. The molecule has 0 saturated heterocycles. The second-order valence-corrected chi connectivity index (χ2v) is 5.48. The molecule has 0 radical (unpaired) electrons. The van der Waals surface area contributed by atoms with E-state index in [4.69, 9.17) is 10.5 Å². The van der Waals surface area contributed by atoms with E-state index in [-0.39, 0.29) is 11.9 Å². The van der Waals surface area contributed by atoms with Gasteiger partial charge in [0.2, 0.25) is 0 Å². The Bertz CT molecular complexity index is 429. The number of hydrogen-bond acceptors (Lipinski definition) is 5. The normalized spacial score (nSPS) is 12.3. The molecule has 1 atom stereocenters. The molecule has 102 valence electrons. The van der Waals surface area contributed by atoms with Crippen LogP contribution in [0.25, 0.3) is 0 Å². The molecule has 0 fully saturated rings. The lowest BCUT2D eigenvalue weighted by Gasteiger charge is -2.18. The Balaban J connectivity index is 3.08. The molecule has 0 aromatic carbocycles. The third-order valence-electron chi connectivity index (χ3n) is 2.90. The van der Waals surface area contributed by atoms with Crippen LogP contribution < -0.4 is 21.1 Å². The van der Waals surface area contributed by atoms with Crippen molar-refractivity contribution in [2.75, 3.05) is 25.2 Å². The van der Waals surface area contributed by atoms with Crippen molar-refractivity contribution in [3.05, 3.63) is 4.88 Å². The minimum Gasteiger partial charge on any atom is -0.492 e. The van der Waals surface area contributed by atoms with Crippen LogP contribution >= 0.6 is 11.3 Å². The van der Waals surface area contributed by atoms with Crippen LogP contribution in [-0.2, 0) is 0 Å². The van der Waals surface area contributed by atoms with Gasteiger partial charge in [-0.15, -0.1) is 11.3 Å². The molecular formula is C12H21N3O2S. The van der Waals surface area contributed by atoms with Gasteiger partial charge in [0.1, 0.15) is 15.6 Å². The molecule has 1 aromatic rings. The van der Waals surface area contributed by atoms with Crippen molar-refractivity contribution in [1.29, 1.82) is 0 Å². The third kappa shape index (κ3) is 2.87. The molecule has 0 bridgehead atoms. The summed E-state index contributed by atoms with van der Waals surface area (Å²) in [6.07, 6.45) is 0. The van der Waals surface area contributed by atoms with E-state index in [9.17, 15) is 4.79 Å². The monoisotopic (exact) mass is 271 g/mol. The predicted octanol–water partition coefficient (Wildman–Crippen LogP) is 2.15. The highest BCUT2D eigenvalue weighted by atomic mass is 32.1. The summed E-state index contributed by atoms with van der Waals surface area (Å²) in [5.41, 5.74) is 6.32. The smallest absolute Gasteiger partial charge is 0.263 e. The number of methoxy groups -OCH3 is 1. The lowest BCUT2D eigenvalue weighted by atomic mass is 10.1. The van der Waals surface area contributed by atoms with E-state index in [1.54, 1.807) is 14.2 Å². The van der Waals surface area contributed by atoms with Crippen LogP contribution in [0.5, 0.6) is 5.75 Å². The maximum atomic E-state index is 11.7. The maximum absolute atomic E-state index is 11.7. The van der Waals surface area contributed by atoms with Crippen LogP contribution in [0.3, 0.4) is 0 Å². The van der Waals surface area contributed by atoms with E-state index in [1.165, 1.54) is 11.3 Å². The van der Waals surface area contributed by atoms with Crippen molar-refractivity contribution in [3.63, 3.8) is 0 Å². The summed E-state index contributed by atoms with van der Waals surface area (Å²) in [7, 11) is 3.13. The fourth-order valence-electron chi connectivity index (χ4n) is 1.38. The fraction of sp³-hybridized carbons (Fsp3) is 0.583. The third-order valence-corrected chi connectivity index (χ3v) is 4.01. The van der Waals surface area contributed by atoms with E-state index in [1.807, 2.05) is 0 Å². The number of nitrogen functional groups attached to an aromatic ring is 1. The molecule has 0 saturated carbocycles. The minimum atomic E-state index is -0.193. The Hall–Kier alpha value is -1.43. The van der Waals surface area contributed by atoms with Crippen molar-refractivity contribution >= 4 is 27.9 Å². The molecule has 5 nitrogen and oxygen atoms in total. The van der Waals surface area contributed by atoms with E-state index < -0.39 is 0 Å². The van der Waals surface area contributed by atoms with Gasteiger partial charge in [-0.3, -0.25) is 4.79 Å². The van der Waals surface area contributed by atoms with Gasteiger partial charge in [0.05, 0.1) is 7.11 Å². The number of hydrogen-bond donors (Lipinski definition) is 3. The molecule has 18 heavy (non-hydrogen) atoms. The predicted molar refractivity (Wildman–Crippen MR) is 76.6 cm³/mol. The van der Waals surface area contributed by atoms with Crippen LogP contribution in [0.15, 0.2) is 0 Å². The second kappa shape index (κ2) is 5.95. The Kier molecular flexibility index (Phi) is 4.84. The van der Waals surface area contributed by atoms with Gasteiger partial charge in [0.15, 0.2) is 5.75 Å². The molecule has 1 rings (SSSR count). The zero-order valence-corrected chi connectivity index (χ0v) is 12.3. The molecule has 0 spiro atoms. The van der Waals surface area contributed by atoms with Gasteiger partial charge in [0, 0.05) is 13.1 Å². The quantitative estimate of drug-likeness (QED) is 0.767. The molecule has 4 N–H and O–H groups in total. The van der Waals surface area contributed by atoms with E-state index >= 15 is 0 Å². The number of amides is 1. The first-order valence-corrected chi connectivity index (χ1v) is 6.68. The number of rotatable bonds is 5. The van der Waals surface area contributed by atoms with Gasteiger partial charge in [-0.05, 0) is 12.8 Å². The first-order chi connectivity index (χ1) is 8.42. The fourth-order valence-corrected chi connectivity index (χ4v) is 2.51. The molecule has 0 aliphatic rings. The SMILES string of the molecule is CNC(=O)c1sc(NC(C)C(C)C)c(OC)c1N. The van der Waals surface area contributed by atoms with Crippen LogP contribution in [0, 0.1) is 5.92 Å². The van der Waals surface area contributed by atoms with Crippen molar-refractivity contribution in [3.8, 4) is 5.75 Å². The summed E-state index contributed by atoms with van der Waals surface area (Å²) in [5, 5.41) is 6.71. The van der Waals surface area contributed by atoms with E-state index in [0.717, 1.165) is 5.00 Å². The Morgan fingerprint density at radius 1 is 1.39 bits per heavy atom. The van der Waals surface area contributed by atoms with Crippen molar-refractivity contribution in [2.24, 2.45) is 5.92 Å². The lowest BCUT2D eigenvalue weighted by Crippen LogP contribution is -2.21. The molecule has 1 amide bonds. The number of anilines is 2. The first kappa shape index (κ1) is 14.6. The zero-order chi connectivity index (χ0) is 13.9. The van der Waals surface area contributed by atoms with Crippen LogP contribution in [-0.4, -0.2) is 26.1 Å². The summed E-state index contributed by atoms with van der Waals surface area (Å²) < 4.78 is 5.27. The standard InChI is InChI=1S/C12H21N3O2S/c1-6(2)7(3)15-12-9(17-5)8(13)10(18-12)11(16)14-4/h6-7,15H,13H2,1-5H3,(H,14,16). The van der Waals surface area contributed by atoms with E-state index in [2.05, 4.69) is 31.4 Å². The van der Waals surface area contributed by atoms with Crippen LogP contribution in [0.4, 0.5) is 10.7 Å². The summed E-state index contributed by atoms with van der Waals surface area (Å²) in [5.74, 6) is 0.827. The van der Waals surface area contributed by atoms with Gasteiger partial charge in [-0.2, -0.15) is 0 Å². The summed E-state index contributed by atoms with van der Waals surface area (Å²) >= 11 is 1.32. The van der Waals surface area contributed by atoms with Crippen LogP contribution in [0.1, 0.15) is 30.4 Å². The number of nitrogens with two attached hydrogens (primary N) is 1. The molecule has 6 heteroatoms. The zero-order valence-electron chi connectivity index (χ0n) is 11.5. The van der Waals surface area contributed by atoms with Gasteiger partial charge in [-0.1, -0.05) is 13.8 Å². The largest absolute Gasteiger partial charge is 0.492 e.